The lowest BCUT2D eigenvalue weighted by molar-refractivity contribution is 0.164. The van der Waals surface area contributed by atoms with Gasteiger partial charge in [0, 0.05) is 50.4 Å². The topological polar surface area (TPSA) is 37.4 Å². The van der Waals surface area contributed by atoms with Gasteiger partial charge in [-0.05, 0) is 49.1 Å². The van der Waals surface area contributed by atoms with Gasteiger partial charge in [-0.3, -0.25) is 9.88 Å². The summed E-state index contributed by atoms with van der Waals surface area (Å²) < 4.78 is 19.4. The molecule has 0 bridgehead atoms. The van der Waals surface area contributed by atoms with E-state index in [1.165, 1.54) is 6.07 Å². The van der Waals surface area contributed by atoms with Gasteiger partial charge in [0.25, 0.3) is 0 Å². The summed E-state index contributed by atoms with van der Waals surface area (Å²) in [6, 6.07) is 13.6. The molecule has 3 heterocycles. The average Bonchev–Trinajstić information content (AvgIpc) is 3.19. The number of pyridine rings is 1. The predicted octanol–water partition coefficient (Wildman–Crippen LogP) is 3.13. The van der Waals surface area contributed by atoms with Crippen molar-refractivity contribution < 1.29 is 9.13 Å². The van der Waals surface area contributed by atoms with Crippen LogP contribution in [0.3, 0.4) is 0 Å². The lowest BCUT2D eigenvalue weighted by Gasteiger charge is -2.35. The highest BCUT2D eigenvalue weighted by atomic mass is 19.1. The molecule has 144 valence electrons. The first kappa shape index (κ1) is 18.5. The minimum atomic E-state index is -0.165. The van der Waals surface area contributed by atoms with Crippen LogP contribution in [-0.2, 0) is 16.7 Å². The molecular formula is C22H28FN3O. The molecule has 4 nitrogen and oxygen atoms in total. The van der Waals surface area contributed by atoms with Crippen molar-refractivity contribution in [2.45, 2.75) is 37.3 Å². The maximum absolute atomic E-state index is 13.7. The predicted molar refractivity (Wildman–Crippen MR) is 104 cm³/mol. The number of nitrogens with zero attached hydrogens (tertiary/aromatic N) is 2. The Morgan fingerprint density at radius 2 is 2.07 bits per heavy atom. The maximum atomic E-state index is 13.7. The lowest BCUT2D eigenvalue weighted by atomic mass is 9.79. The van der Waals surface area contributed by atoms with Crippen molar-refractivity contribution in [3.63, 3.8) is 0 Å². The van der Waals surface area contributed by atoms with Crippen LogP contribution >= 0.6 is 0 Å². The van der Waals surface area contributed by atoms with Crippen molar-refractivity contribution in [1.82, 2.24) is 15.2 Å². The van der Waals surface area contributed by atoms with Gasteiger partial charge in [-0.1, -0.05) is 18.2 Å². The summed E-state index contributed by atoms with van der Waals surface area (Å²) in [5.41, 5.74) is 2.09. The van der Waals surface area contributed by atoms with Gasteiger partial charge in [-0.15, -0.1) is 0 Å². The fourth-order valence-electron chi connectivity index (χ4n) is 4.25. The fraction of sp³-hybridized carbons (Fsp3) is 0.500. The number of nitrogens with one attached hydrogen (secondary N) is 1. The van der Waals surface area contributed by atoms with Gasteiger partial charge in [0.05, 0.1) is 12.3 Å². The van der Waals surface area contributed by atoms with Gasteiger partial charge in [-0.25, -0.2) is 4.39 Å². The van der Waals surface area contributed by atoms with E-state index in [4.69, 9.17) is 4.74 Å². The summed E-state index contributed by atoms with van der Waals surface area (Å²) in [5, 5.41) is 3.76. The van der Waals surface area contributed by atoms with E-state index < -0.39 is 0 Å². The summed E-state index contributed by atoms with van der Waals surface area (Å²) in [4.78, 5) is 6.90. The van der Waals surface area contributed by atoms with Crippen LogP contribution in [0.25, 0.3) is 0 Å². The number of likely N-dealkylation sites (tertiary alicyclic amines) is 1. The number of hydrogen-bond donors (Lipinski definition) is 1. The highest BCUT2D eigenvalue weighted by molar-refractivity contribution is 5.28. The molecule has 2 aliphatic rings. The average molecular weight is 369 g/mol. The van der Waals surface area contributed by atoms with Crippen LogP contribution in [0.1, 0.15) is 30.5 Å². The second kappa shape index (κ2) is 8.46. The molecule has 1 N–H and O–H groups in total. The van der Waals surface area contributed by atoms with Gasteiger partial charge in [-0.2, -0.15) is 0 Å². The normalized spacial score (nSPS) is 24.3. The number of piperidine rings is 1. The van der Waals surface area contributed by atoms with E-state index in [1.54, 1.807) is 12.1 Å². The van der Waals surface area contributed by atoms with E-state index in [0.29, 0.717) is 12.6 Å². The van der Waals surface area contributed by atoms with Crippen molar-refractivity contribution in [2.24, 2.45) is 0 Å². The lowest BCUT2D eigenvalue weighted by Crippen LogP contribution is -2.47. The third-order valence-corrected chi connectivity index (χ3v) is 5.97. The van der Waals surface area contributed by atoms with Gasteiger partial charge in [0.1, 0.15) is 5.82 Å². The Kier molecular flexibility index (Phi) is 5.81. The first-order valence-corrected chi connectivity index (χ1v) is 9.93. The number of rotatable bonds is 6. The van der Waals surface area contributed by atoms with E-state index in [0.717, 1.165) is 63.3 Å². The summed E-state index contributed by atoms with van der Waals surface area (Å²) in [7, 11) is 0. The fourth-order valence-corrected chi connectivity index (χ4v) is 4.25. The molecule has 0 saturated carbocycles. The molecule has 27 heavy (non-hydrogen) atoms. The van der Waals surface area contributed by atoms with Gasteiger partial charge >= 0.3 is 0 Å². The van der Waals surface area contributed by atoms with Crippen LogP contribution in [0.5, 0.6) is 0 Å². The molecule has 2 aliphatic heterocycles. The Hall–Kier alpha value is -1.82. The zero-order valence-corrected chi connectivity index (χ0v) is 15.7. The van der Waals surface area contributed by atoms with E-state index in [9.17, 15) is 4.39 Å². The van der Waals surface area contributed by atoms with Crippen LogP contribution in [0.4, 0.5) is 4.39 Å². The summed E-state index contributed by atoms with van der Waals surface area (Å²) >= 11 is 0. The van der Waals surface area contributed by atoms with E-state index in [1.807, 2.05) is 24.4 Å². The van der Waals surface area contributed by atoms with Gasteiger partial charge in [0.15, 0.2) is 0 Å². The van der Waals surface area contributed by atoms with Crippen molar-refractivity contribution >= 4 is 0 Å². The van der Waals surface area contributed by atoms with E-state index in [-0.39, 0.29) is 11.2 Å². The first-order chi connectivity index (χ1) is 13.2. The number of hydrogen-bond acceptors (Lipinski definition) is 4. The molecule has 2 aromatic rings. The minimum absolute atomic E-state index is 0.104. The third kappa shape index (κ3) is 4.54. The molecule has 0 amide bonds. The molecule has 1 aromatic heterocycles. The Morgan fingerprint density at radius 1 is 1.19 bits per heavy atom. The highest BCUT2D eigenvalue weighted by Crippen LogP contribution is 2.33. The zero-order chi connectivity index (χ0) is 18.5. The molecule has 0 unspecified atom stereocenters. The molecule has 2 saturated heterocycles. The zero-order valence-electron chi connectivity index (χ0n) is 15.7. The minimum Gasteiger partial charge on any atom is -0.380 e. The number of halogens is 1. The summed E-state index contributed by atoms with van der Waals surface area (Å²) in [6.45, 7) is 5.36. The van der Waals surface area contributed by atoms with Crippen LogP contribution in [0.2, 0.25) is 0 Å². The molecule has 4 rings (SSSR count). The highest BCUT2D eigenvalue weighted by Gasteiger charge is 2.37. The largest absolute Gasteiger partial charge is 0.380 e. The van der Waals surface area contributed by atoms with Crippen LogP contribution in [-0.4, -0.2) is 48.8 Å². The van der Waals surface area contributed by atoms with Crippen LogP contribution in [0.15, 0.2) is 48.7 Å². The Morgan fingerprint density at radius 3 is 2.78 bits per heavy atom. The molecule has 0 spiro atoms. The molecule has 1 aromatic carbocycles. The Labute approximate surface area is 160 Å². The van der Waals surface area contributed by atoms with E-state index >= 15 is 0 Å². The van der Waals surface area contributed by atoms with Crippen LogP contribution < -0.4 is 5.32 Å². The quantitative estimate of drug-likeness (QED) is 0.849. The molecule has 1 atom stereocenters. The van der Waals surface area contributed by atoms with Crippen LogP contribution in [0, 0.1) is 5.82 Å². The monoisotopic (exact) mass is 369 g/mol. The van der Waals surface area contributed by atoms with Gasteiger partial charge in [0.2, 0.25) is 0 Å². The van der Waals surface area contributed by atoms with Gasteiger partial charge < -0.3 is 10.1 Å². The summed E-state index contributed by atoms with van der Waals surface area (Å²) in [5.74, 6) is -0.165. The molecular weight excluding hydrogens is 341 g/mol. The standard InChI is InChI=1S/C22H28FN3O/c23-19-5-3-4-18(14-19)22(9-13-27-17-22)16-25-20-7-11-26(12-8-20)15-21-6-1-2-10-24-21/h1-6,10,14,20,25H,7-9,11-13,15-17H2/t22-/m1/s1. The van der Waals surface area contributed by atoms with Crippen molar-refractivity contribution in [3.8, 4) is 0 Å². The van der Waals surface area contributed by atoms with E-state index in [2.05, 4.69) is 21.3 Å². The number of ether oxygens (including phenoxy) is 1. The first-order valence-electron chi connectivity index (χ1n) is 9.93. The van der Waals surface area contributed by atoms with Crippen molar-refractivity contribution in [3.05, 3.63) is 65.7 Å². The third-order valence-electron chi connectivity index (χ3n) is 5.97. The molecule has 5 heteroatoms. The smallest absolute Gasteiger partial charge is 0.123 e. The van der Waals surface area contributed by atoms with Crippen molar-refractivity contribution in [2.75, 3.05) is 32.8 Å². The molecule has 0 radical (unpaired) electrons. The SMILES string of the molecule is Fc1cccc([C@@]2(CNC3CCN(Cc4ccccn4)CC3)CCOC2)c1. The second-order valence-electron chi connectivity index (χ2n) is 7.85. The Balaban J connectivity index is 1.31. The summed E-state index contributed by atoms with van der Waals surface area (Å²) in [6.07, 6.45) is 5.07. The maximum Gasteiger partial charge on any atom is 0.123 e. The Bertz CT molecular complexity index is 725. The molecule has 2 fully saturated rings. The number of aromatic nitrogens is 1. The van der Waals surface area contributed by atoms with Crippen molar-refractivity contribution in [1.29, 1.82) is 0 Å². The number of benzene rings is 1. The molecule has 0 aliphatic carbocycles. The second-order valence-corrected chi connectivity index (χ2v) is 7.85.